The zero-order valence-corrected chi connectivity index (χ0v) is 17.2. The second-order valence-electron chi connectivity index (χ2n) is 7.84. The summed E-state index contributed by atoms with van der Waals surface area (Å²) in [5.74, 6) is 1.79. The second-order valence-corrected chi connectivity index (χ2v) is 7.84. The molecule has 0 bridgehead atoms. The van der Waals surface area contributed by atoms with E-state index < -0.39 is 0 Å². The standard InChI is InChI=1S/C22H30N6O/c1-2-19-7-3-4-14-28(19)20-9-8-18(17-25-20)21(29)26-12-6-13-27(16-15-26)22-23-10-5-11-24-22/h5,8-11,17,19H,2-4,6-7,12-16H2,1H3/t19-/m0/s1. The Bertz CT molecular complexity index is 797. The monoisotopic (exact) mass is 394 g/mol. The van der Waals surface area contributed by atoms with Gasteiger partial charge in [-0.2, -0.15) is 0 Å². The van der Waals surface area contributed by atoms with E-state index in [1.54, 1.807) is 18.6 Å². The summed E-state index contributed by atoms with van der Waals surface area (Å²) < 4.78 is 0. The van der Waals surface area contributed by atoms with Gasteiger partial charge in [-0.25, -0.2) is 15.0 Å². The van der Waals surface area contributed by atoms with Crippen LogP contribution in [0.3, 0.4) is 0 Å². The Balaban J connectivity index is 1.40. The van der Waals surface area contributed by atoms with Crippen molar-refractivity contribution in [3.05, 3.63) is 42.4 Å². The van der Waals surface area contributed by atoms with E-state index in [-0.39, 0.29) is 5.91 Å². The zero-order chi connectivity index (χ0) is 20.1. The predicted molar refractivity (Wildman–Crippen MR) is 114 cm³/mol. The van der Waals surface area contributed by atoms with Crippen LogP contribution in [0.15, 0.2) is 36.8 Å². The van der Waals surface area contributed by atoms with Crippen molar-refractivity contribution in [3.63, 3.8) is 0 Å². The lowest BCUT2D eigenvalue weighted by atomic mass is 10.00. The summed E-state index contributed by atoms with van der Waals surface area (Å²) in [5, 5.41) is 0. The molecule has 2 saturated heterocycles. The van der Waals surface area contributed by atoms with E-state index in [0.717, 1.165) is 50.8 Å². The van der Waals surface area contributed by atoms with Crippen molar-refractivity contribution in [2.45, 2.75) is 45.1 Å². The van der Waals surface area contributed by atoms with Crippen LogP contribution < -0.4 is 9.80 Å². The van der Waals surface area contributed by atoms with E-state index in [9.17, 15) is 4.79 Å². The summed E-state index contributed by atoms with van der Waals surface area (Å²) in [6, 6.07) is 6.34. The molecule has 29 heavy (non-hydrogen) atoms. The number of carbonyl (C=O) groups excluding carboxylic acids is 1. The Labute approximate surface area is 172 Å². The molecule has 2 aliphatic rings. The summed E-state index contributed by atoms with van der Waals surface area (Å²) in [6.45, 7) is 6.31. The average Bonchev–Trinajstić information content (AvgIpc) is 3.06. The number of anilines is 2. The Morgan fingerprint density at radius 1 is 1.00 bits per heavy atom. The molecule has 2 aliphatic heterocycles. The SMILES string of the molecule is CC[C@H]1CCCCN1c1ccc(C(=O)N2CCCN(c3ncccn3)CC2)cn1. The Kier molecular flexibility index (Phi) is 6.22. The molecule has 2 fully saturated rings. The number of amides is 1. The first-order chi connectivity index (χ1) is 14.3. The summed E-state index contributed by atoms with van der Waals surface area (Å²) in [5.41, 5.74) is 0.670. The molecule has 0 unspecified atom stereocenters. The largest absolute Gasteiger partial charge is 0.354 e. The van der Waals surface area contributed by atoms with E-state index in [0.29, 0.717) is 18.2 Å². The van der Waals surface area contributed by atoms with Crippen molar-refractivity contribution in [2.24, 2.45) is 0 Å². The van der Waals surface area contributed by atoms with E-state index in [1.807, 2.05) is 23.1 Å². The van der Waals surface area contributed by atoms with Gasteiger partial charge in [0, 0.05) is 57.4 Å². The molecule has 4 rings (SSSR count). The van der Waals surface area contributed by atoms with Gasteiger partial charge in [-0.15, -0.1) is 0 Å². The van der Waals surface area contributed by atoms with Crippen molar-refractivity contribution >= 4 is 17.7 Å². The number of pyridine rings is 1. The molecule has 0 saturated carbocycles. The van der Waals surface area contributed by atoms with Crippen LogP contribution >= 0.6 is 0 Å². The van der Waals surface area contributed by atoms with Gasteiger partial charge in [0.05, 0.1) is 5.56 Å². The van der Waals surface area contributed by atoms with E-state index in [1.165, 1.54) is 19.3 Å². The van der Waals surface area contributed by atoms with Gasteiger partial charge in [-0.1, -0.05) is 6.92 Å². The smallest absolute Gasteiger partial charge is 0.255 e. The van der Waals surface area contributed by atoms with Crippen LogP contribution in [0.2, 0.25) is 0 Å². The number of hydrogen-bond donors (Lipinski definition) is 0. The molecule has 0 radical (unpaired) electrons. The lowest BCUT2D eigenvalue weighted by Gasteiger charge is -2.36. The highest BCUT2D eigenvalue weighted by molar-refractivity contribution is 5.94. The molecule has 1 atom stereocenters. The number of piperidine rings is 1. The highest BCUT2D eigenvalue weighted by atomic mass is 16.2. The maximum absolute atomic E-state index is 13.0. The molecule has 0 aliphatic carbocycles. The predicted octanol–water partition coefficient (Wildman–Crippen LogP) is 2.99. The summed E-state index contributed by atoms with van der Waals surface area (Å²) in [7, 11) is 0. The summed E-state index contributed by atoms with van der Waals surface area (Å²) in [6.07, 6.45) is 11.1. The molecular weight excluding hydrogens is 364 g/mol. The van der Waals surface area contributed by atoms with Crippen LogP contribution in [0.1, 0.15) is 49.4 Å². The summed E-state index contributed by atoms with van der Waals surface area (Å²) in [4.78, 5) is 32.8. The van der Waals surface area contributed by atoms with Gasteiger partial charge in [0.25, 0.3) is 5.91 Å². The van der Waals surface area contributed by atoms with E-state index in [4.69, 9.17) is 0 Å². The first-order valence-corrected chi connectivity index (χ1v) is 10.8. The van der Waals surface area contributed by atoms with Crippen molar-refractivity contribution in [1.29, 1.82) is 0 Å². The fourth-order valence-electron chi connectivity index (χ4n) is 4.37. The summed E-state index contributed by atoms with van der Waals surface area (Å²) >= 11 is 0. The third-order valence-corrected chi connectivity index (χ3v) is 6.01. The van der Waals surface area contributed by atoms with E-state index in [2.05, 4.69) is 31.7 Å². The van der Waals surface area contributed by atoms with Gasteiger partial charge in [-0.05, 0) is 50.3 Å². The maximum atomic E-state index is 13.0. The van der Waals surface area contributed by atoms with Crippen molar-refractivity contribution in [1.82, 2.24) is 19.9 Å². The van der Waals surface area contributed by atoms with Gasteiger partial charge in [0.2, 0.25) is 5.95 Å². The molecule has 4 heterocycles. The van der Waals surface area contributed by atoms with Crippen LogP contribution in [-0.4, -0.2) is 64.5 Å². The van der Waals surface area contributed by atoms with Crippen molar-refractivity contribution in [3.8, 4) is 0 Å². The van der Waals surface area contributed by atoms with E-state index >= 15 is 0 Å². The van der Waals surface area contributed by atoms with Crippen LogP contribution in [0.5, 0.6) is 0 Å². The Morgan fingerprint density at radius 2 is 1.86 bits per heavy atom. The fourth-order valence-corrected chi connectivity index (χ4v) is 4.37. The molecule has 0 N–H and O–H groups in total. The molecule has 154 valence electrons. The third-order valence-electron chi connectivity index (χ3n) is 6.01. The second kappa shape index (κ2) is 9.20. The average molecular weight is 395 g/mol. The number of carbonyl (C=O) groups is 1. The van der Waals surface area contributed by atoms with Crippen LogP contribution in [0.4, 0.5) is 11.8 Å². The minimum atomic E-state index is 0.0607. The van der Waals surface area contributed by atoms with Gasteiger partial charge >= 0.3 is 0 Å². The Hall–Kier alpha value is -2.70. The lowest BCUT2D eigenvalue weighted by molar-refractivity contribution is 0.0766. The molecule has 2 aromatic heterocycles. The third kappa shape index (κ3) is 4.49. The molecule has 7 nitrogen and oxygen atoms in total. The molecule has 2 aromatic rings. The molecule has 0 spiro atoms. The first-order valence-electron chi connectivity index (χ1n) is 10.8. The molecule has 0 aromatic carbocycles. The lowest BCUT2D eigenvalue weighted by Crippen LogP contribution is -2.39. The van der Waals surface area contributed by atoms with Crippen LogP contribution in [0, 0.1) is 0 Å². The van der Waals surface area contributed by atoms with Crippen molar-refractivity contribution < 1.29 is 4.79 Å². The topological polar surface area (TPSA) is 65.5 Å². The zero-order valence-electron chi connectivity index (χ0n) is 17.2. The molecule has 1 amide bonds. The fraction of sp³-hybridized carbons (Fsp3) is 0.545. The Morgan fingerprint density at radius 3 is 2.62 bits per heavy atom. The van der Waals surface area contributed by atoms with Crippen LogP contribution in [-0.2, 0) is 0 Å². The molecule has 7 heteroatoms. The van der Waals surface area contributed by atoms with Crippen LogP contribution in [0.25, 0.3) is 0 Å². The number of rotatable bonds is 4. The number of hydrogen-bond acceptors (Lipinski definition) is 6. The first kappa shape index (κ1) is 19.6. The number of nitrogens with zero attached hydrogens (tertiary/aromatic N) is 6. The highest BCUT2D eigenvalue weighted by Crippen LogP contribution is 2.25. The normalized spacial score (nSPS) is 20.4. The van der Waals surface area contributed by atoms with Crippen molar-refractivity contribution in [2.75, 3.05) is 42.5 Å². The quantitative estimate of drug-likeness (QED) is 0.794. The van der Waals surface area contributed by atoms with Gasteiger partial charge in [-0.3, -0.25) is 4.79 Å². The van der Waals surface area contributed by atoms with Gasteiger partial charge < -0.3 is 14.7 Å². The number of aromatic nitrogens is 3. The minimum Gasteiger partial charge on any atom is -0.354 e. The maximum Gasteiger partial charge on any atom is 0.255 e. The van der Waals surface area contributed by atoms with Gasteiger partial charge in [0.15, 0.2) is 0 Å². The molecular formula is C22H30N6O. The minimum absolute atomic E-state index is 0.0607. The highest BCUT2D eigenvalue weighted by Gasteiger charge is 2.24. The van der Waals surface area contributed by atoms with Gasteiger partial charge in [0.1, 0.15) is 5.82 Å².